The molecule has 0 fully saturated rings. The first-order valence-corrected chi connectivity index (χ1v) is 6.69. The summed E-state index contributed by atoms with van der Waals surface area (Å²) in [5.74, 6) is 0.0420. The van der Waals surface area contributed by atoms with Crippen LogP contribution in [0.5, 0.6) is 0 Å². The van der Waals surface area contributed by atoms with Crippen LogP contribution in [0.1, 0.15) is 17.2 Å². The molecule has 0 spiro atoms. The van der Waals surface area contributed by atoms with E-state index in [1.807, 2.05) is 42.5 Å². The maximum absolute atomic E-state index is 12.4. The SMILES string of the molecule is CONC(C(=O)Cc1ccc(Cl)cc1)c1ccccc1. The van der Waals surface area contributed by atoms with E-state index in [1.165, 1.54) is 7.11 Å². The largest absolute Gasteiger partial charge is 0.304 e. The predicted molar refractivity (Wildman–Crippen MR) is 79.5 cm³/mol. The van der Waals surface area contributed by atoms with Crippen molar-refractivity contribution in [3.05, 3.63) is 70.7 Å². The summed E-state index contributed by atoms with van der Waals surface area (Å²) in [6, 6.07) is 16.3. The number of Topliss-reactive ketones (excluding diaryl/α,β-unsaturated/α-hetero) is 1. The van der Waals surface area contributed by atoms with Gasteiger partial charge in [-0.15, -0.1) is 0 Å². The van der Waals surface area contributed by atoms with Crippen LogP contribution in [0, 0.1) is 0 Å². The number of rotatable bonds is 6. The van der Waals surface area contributed by atoms with E-state index in [-0.39, 0.29) is 5.78 Å². The molecule has 4 heteroatoms. The third-order valence-electron chi connectivity index (χ3n) is 2.98. The number of ketones is 1. The van der Waals surface area contributed by atoms with Crippen molar-refractivity contribution in [2.24, 2.45) is 0 Å². The van der Waals surface area contributed by atoms with Gasteiger partial charge in [0.15, 0.2) is 5.78 Å². The van der Waals surface area contributed by atoms with Crippen LogP contribution in [-0.4, -0.2) is 12.9 Å². The molecular formula is C16H16ClNO2. The number of carbonyl (C=O) groups excluding carboxylic acids is 1. The molecule has 0 aromatic heterocycles. The molecule has 20 heavy (non-hydrogen) atoms. The number of halogens is 1. The Kier molecular flexibility index (Phi) is 5.30. The Morgan fingerprint density at radius 1 is 1.15 bits per heavy atom. The lowest BCUT2D eigenvalue weighted by Crippen LogP contribution is -2.29. The van der Waals surface area contributed by atoms with E-state index >= 15 is 0 Å². The number of nitrogens with one attached hydrogen (secondary N) is 1. The normalized spacial score (nSPS) is 12.1. The van der Waals surface area contributed by atoms with Crippen LogP contribution in [0.2, 0.25) is 5.02 Å². The van der Waals surface area contributed by atoms with Gasteiger partial charge in [0.2, 0.25) is 0 Å². The van der Waals surface area contributed by atoms with Crippen LogP contribution in [0.3, 0.4) is 0 Å². The molecule has 2 aromatic rings. The molecule has 0 aliphatic heterocycles. The Bertz CT molecular complexity index is 554. The molecular weight excluding hydrogens is 274 g/mol. The first kappa shape index (κ1) is 14.7. The van der Waals surface area contributed by atoms with E-state index < -0.39 is 6.04 Å². The van der Waals surface area contributed by atoms with E-state index in [1.54, 1.807) is 12.1 Å². The molecule has 1 atom stereocenters. The smallest absolute Gasteiger partial charge is 0.160 e. The molecule has 0 saturated heterocycles. The van der Waals surface area contributed by atoms with Gasteiger partial charge in [-0.1, -0.05) is 54.1 Å². The van der Waals surface area contributed by atoms with Crippen LogP contribution in [-0.2, 0) is 16.1 Å². The maximum Gasteiger partial charge on any atom is 0.160 e. The lowest BCUT2D eigenvalue weighted by Gasteiger charge is -2.16. The van der Waals surface area contributed by atoms with Crippen molar-refractivity contribution in [2.45, 2.75) is 12.5 Å². The van der Waals surface area contributed by atoms with Crippen molar-refractivity contribution in [1.29, 1.82) is 0 Å². The highest BCUT2D eigenvalue weighted by atomic mass is 35.5. The van der Waals surface area contributed by atoms with Crippen LogP contribution < -0.4 is 5.48 Å². The zero-order valence-corrected chi connectivity index (χ0v) is 11.9. The Labute approximate surface area is 123 Å². The zero-order valence-electron chi connectivity index (χ0n) is 11.2. The minimum Gasteiger partial charge on any atom is -0.304 e. The molecule has 2 aromatic carbocycles. The lowest BCUT2D eigenvalue weighted by atomic mass is 9.98. The molecule has 0 heterocycles. The molecule has 0 bridgehead atoms. The fourth-order valence-electron chi connectivity index (χ4n) is 1.99. The highest BCUT2D eigenvalue weighted by Gasteiger charge is 2.20. The molecule has 3 nitrogen and oxygen atoms in total. The van der Waals surface area contributed by atoms with Crippen LogP contribution in [0.25, 0.3) is 0 Å². The summed E-state index contributed by atoms with van der Waals surface area (Å²) in [6.07, 6.45) is 0.326. The Hall–Kier alpha value is -1.68. The van der Waals surface area contributed by atoms with Crippen LogP contribution >= 0.6 is 11.6 Å². The van der Waals surface area contributed by atoms with Crippen molar-refractivity contribution in [1.82, 2.24) is 5.48 Å². The molecule has 0 aliphatic carbocycles. The second-order valence-electron chi connectivity index (χ2n) is 4.44. The topological polar surface area (TPSA) is 38.3 Å². The highest BCUT2D eigenvalue weighted by molar-refractivity contribution is 6.30. The van der Waals surface area contributed by atoms with E-state index in [4.69, 9.17) is 16.4 Å². The van der Waals surface area contributed by atoms with Gasteiger partial charge in [0.05, 0.1) is 7.11 Å². The number of hydrogen-bond donors (Lipinski definition) is 1. The van der Waals surface area contributed by atoms with Gasteiger partial charge in [-0.2, -0.15) is 5.48 Å². The summed E-state index contributed by atoms with van der Waals surface area (Å²) < 4.78 is 0. The van der Waals surface area contributed by atoms with E-state index in [0.29, 0.717) is 11.4 Å². The minimum absolute atomic E-state index is 0.0420. The van der Waals surface area contributed by atoms with Crippen LogP contribution in [0.4, 0.5) is 0 Å². The predicted octanol–water partition coefficient (Wildman–Crippen LogP) is 3.34. The van der Waals surface area contributed by atoms with Crippen molar-refractivity contribution in [3.63, 3.8) is 0 Å². The summed E-state index contributed by atoms with van der Waals surface area (Å²) in [7, 11) is 1.51. The molecule has 0 radical (unpaired) electrons. The van der Waals surface area contributed by atoms with E-state index in [0.717, 1.165) is 11.1 Å². The van der Waals surface area contributed by atoms with Gasteiger partial charge in [-0.05, 0) is 23.3 Å². The molecule has 1 N–H and O–H groups in total. The highest BCUT2D eigenvalue weighted by Crippen LogP contribution is 2.17. The summed E-state index contributed by atoms with van der Waals surface area (Å²) in [5.41, 5.74) is 4.57. The van der Waals surface area contributed by atoms with Gasteiger partial charge in [-0.25, -0.2) is 0 Å². The first-order valence-electron chi connectivity index (χ1n) is 6.31. The average molecular weight is 290 g/mol. The number of hydroxylamine groups is 1. The first-order chi connectivity index (χ1) is 9.70. The molecule has 0 amide bonds. The third-order valence-corrected chi connectivity index (χ3v) is 3.23. The number of carbonyl (C=O) groups is 1. The summed E-state index contributed by atoms with van der Waals surface area (Å²) >= 11 is 5.84. The lowest BCUT2D eigenvalue weighted by molar-refractivity contribution is -0.124. The Balaban J connectivity index is 2.13. The average Bonchev–Trinajstić information content (AvgIpc) is 2.48. The fraction of sp³-hybridized carbons (Fsp3) is 0.188. The van der Waals surface area contributed by atoms with E-state index in [2.05, 4.69) is 5.48 Å². The molecule has 104 valence electrons. The van der Waals surface area contributed by atoms with Gasteiger partial charge < -0.3 is 4.84 Å². The summed E-state index contributed by atoms with van der Waals surface area (Å²) in [4.78, 5) is 17.4. The van der Waals surface area contributed by atoms with Gasteiger partial charge in [0.25, 0.3) is 0 Å². The monoisotopic (exact) mass is 289 g/mol. The number of hydrogen-bond acceptors (Lipinski definition) is 3. The van der Waals surface area contributed by atoms with Crippen molar-refractivity contribution >= 4 is 17.4 Å². The van der Waals surface area contributed by atoms with Gasteiger partial charge in [-0.3, -0.25) is 4.79 Å². The van der Waals surface area contributed by atoms with Gasteiger partial charge >= 0.3 is 0 Å². The third kappa shape index (κ3) is 3.90. The summed E-state index contributed by atoms with van der Waals surface area (Å²) in [5, 5.41) is 0.663. The molecule has 0 aliphatic rings. The van der Waals surface area contributed by atoms with Gasteiger partial charge in [0.1, 0.15) is 6.04 Å². The maximum atomic E-state index is 12.4. The van der Waals surface area contributed by atoms with Crippen LogP contribution in [0.15, 0.2) is 54.6 Å². The molecule has 1 unspecified atom stereocenters. The number of benzene rings is 2. The zero-order chi connectivity index (χ0) is 14.4. The van der Waals surface area contributed by atoms with Gasteiger partial charge in [0, 0.05) is 11.4 Å². The van der Waals surface area contributed by atoms with E-state index in [9.17, 15) is 4.79 Å². The Morgan fingerprint density at radius 2 is 1.80 bits per heavy atom. The van der Waals surface area contributed by atoms with Crippen molar-refractivity contribution in [3.8, 4) is 0 Å². The molecule has 2 rings (SSSR count). The minimum atomic E-state index is -0.475. The summed E-state index contributed by atoms with van der Waals surface area (Å²) in [6.45, 7) is 0. The second kappa shape index (κ2) is 7.20. The quantitative estimate of drug-likeness (QED) is 0.829. The second-order valence-corrected chi connectivity index (χ2v) is 4.87. The standard InChI is InChI=1S/C16H16ClNO2/c1-20-18-16(13-5-3-2-4-6-13)15(19)11-12-7-9-14(17)10-8-12/h2-10,16,18H,11H2,1H3. The Morgan fingerprint density at radius 3 is 2.40 bits per heavy atom. The van der Waals surface area contributed by atoms with Crippen molar-refractivity contribution < 1.29 is 9.63 Å². The fourth-order valence-corrected chi connectivity index (χ4v) is 2.11. The van der Waals surface area contributed by atoms with Crippen molar-refractivity contribution in [2.75, 3.05) is 7.11 Å². The molecule has 0 saturated carbocycles.